The molecule has 0 unspecified atom stereocenters. The van der Waals surface area contributed by atoms with E-state index in [1.165, 1.54) is 17.6 Å². The molecule has 2 rings (SSSR count). The number of non-ortho nitro benzene ring substituents is 1. The highest BCUT2D eigenvalue weighted by Crippen LogP contribution is 2.33. The first-order valence-corrected chi connectivity index (χ1v) is 7.15. The predicted octanol–water partition coefficient (Wildman–Crippen LogP) is 4.10. The Kier molecular flexibility index (Phi) is 3.96. The van der Waals surface area contributed by atoms with Gasteiger partial charge in [0.2, 0.25) is 0 Å². The molecule has 0 N–H and O–H groups in total. The van der Waals surface area contributed by atoms with E-state index >= 15 is 0 Å². The predicted molar refractivity (Wildman–Crippen MR) is 71.9 cm³/mol. The number of thioether (sulfide) groups is 1. The lowest BCUT2D eigenvalue weighted by Gasteiger charge is -1.97. The van der Waals surface area contributed by atoms with Crippen molar-refractivity contribution < 1.29 is 4.92 Å². The normalized spacial score (nSPS) is 10.9. The van der Waals surface area contributed by atoms with Gasteiger partial charge >= 0.3 is 0 Å². The number of hydrogen-bond donors (Lipinski definition) is 0. The van der Waals surface area contributed by atoms with Crippen LogP contribution >= 0.6 is 23.3 Å². The molecule has 4 nitrogen and oxygen atoms in total. The van der Waals surface area contributed by atoms with E-state index in [0.29, 0.717) is 0 Å². The maximum absolute atomic E-state index is 10.7. The van der Waals surface area contributed by atoms with E-state index in [0.717, 1.165) is 33.7 Å². The van der Waals surface area contributed by atoms with E-state index in [4.69, 9.17) is 0 Å². The lowest BCUT2D eigenvalue weighted by atomic mass is 10.2. The highest BCUT2D eigenvalue weighted by Gasteiger charge is 2.12. The van der Waals surface area contributed by atoms with E-state index in [-0.39, 0.29) is 10.6 Å². The zero-order valence-corrected chi connectivity index (χ0v) is 11.0. The van der Waals surface area contributed by atoms with Gasteiger partial charge in [0.15, 0.2) is 0 Å². The standard InChI is InChI=1S/C11H12N2O2S2/c1-2-3-6-16-11-9-7-8(13(14)15)4-5-10(9)17-12-11/h4-5,7H,2-3,6H2,1H3. The number of hydrogen-bond acceptors (Lipinski definition) is 5. The Morgan fingerprint density at radius 2 is 2.35 bits per heavy atom. The highest BCUT2D eigenvalue weighted by molar-refractivity contribution is 7.99. The molecule has 1 aromatic heterocycles. The summed E-state index contributed by atoms with van der Waals surface area (Å²) in [4.78, 5) is 10.4. The van der Waals surface area contributed by atoms with Crippen LogP contribution in [0.3, 0.4) is 0 Å². The van der Waals surface area contributed by atoms with Crippen molar-refractivity contribution in [1.82, 2.24) is 4.37 Å². The van der Waals surface area contributed by atoms with Gasteiger partial charge < -0.3 is 0 Å². The topological polar surface area (TPSA) is 56.0 Å². The smallest absolute Gasteiger partial charge is 0.258 e. The summed E-state index contributed by atoms with van der Waals surface area (Å²) in [5.41, 5.74) is 0.134. The first-order valence-electron chi connectivity index (χ1n) is 5.39. The monoisotopic (exact) mass is 268 g/mol. The minimum absolute atomic E-state index is 0.134. The van der Waals surface area contributed by atoms with Gasteiger partial charge in [-0.25, -0.2) is 0 Å². The molecule has 0 fully saturated rings. The van der Waals surface area contributed by atoms with Gasteiger partial charge in [-0.3, -0.25) is 10.1 Å². The van der Waals surface area contributed by atoms with Crippen molar-refractivity contribution in [1.29, 1.82) is 0 Å². The van der Waals surface area contributed by atoms with E-state index in [1.54, 1.807) is 23.9 Å². The Hall–Kier alpha value is -1.14. The molecule has 90 valence electrons. The quantitative estimate of drug-likeness (QED) is 0.354. The van der Waals surface area contributed by atoms with Crippen LogP contribution in [0.15, 0.2) is 23.2 Å². The minimum Gasteiger partial charge on any atom is -0.258 e. The van der Waals surface area contributed by atoms with Crippen molar-refractivity contribution in [2.45, 2.75) is 24.8 Å². The second-order valence-electron chi connectivity index (χ2n) is 3.63. The Bertz CT molecular complexity index is 539. The number of nitro benzene ring substituents is 1. The van der Waals surface area contributed by atoms with Crippen LogP contribution < -0.4 is 0 Å². The van der Waals surface area contributed by atoms with Gasteiger partial charge in [0.25, 0.3) is 5.69 Å². The third kappa shape index (κ3) is 2.76. The largest absolute Gasteiger partial charge is 0.270 e. The van der Waals surface area contributed by atoms with Gasteiger partial charge in [0.1, 0.15) is 5.03 Å². The van der Waals surface area contributed by atoms with Crippen LogP contribution in [0.2, 0.25) is 0 Å². The maximum atomic E-state index is 10.7. The zero-order chi connectivity index (χ0) is 12.3. The van der Waals surface area contributed by atoms with Crippen molar-refractivity contribution >= 4 is 39.1 Å². The third-order valence-electron chi connectivity index (χ3n) is 2.37. The molecular weight excluding hydrogens is 256 g/mol. The second-order valence-corrected chi connectivity index (χ2v) is 5.52. The average molecular weight is 268 g/mol. The van der Waals surface area contributed by atoms with Gasteiger partial charge in [0.05, 0.1) is 9.62 Å². The van der Waals surface area contributed by atoms with Crippen LogP contribution in [0.1, 0.15) is 19.8 Å². The van der Waals surface area contributed by atoms with Crippen molar-refractivity contribution in [3.63, 3.8) is 0 Å². The molecule has 17 heavy (non-hydrogen) atoms. The number of nitro groups is 1. The lowest BCUT2D eigenvalue weighted by Crippen LogP contribution is -1.86. The number of unbranched alkanes of at least 4 members (excludes halogenated alkanes) is 1. The van der Waals surface area contributed by atoms with E-state index in [2.05, 4.69) is 11.3 Å². The molecule has 0 saturated heterocycles. The van der Waals surface area contributed by atoms with Crippen molar-refractivity contribution in [2.75, 3.05) is 5.75 Å². The third-order valence-corrected chi connectivity index (χ3v) is 4.39. The first-order chi connectivity index (χ1) is 8.22. The van der Waals surface area contributed by atoms with Gasteiger partial charge in [-0.1, -0.05) is 13.3 Å². The number of fused-ring (bicyclic) bond motifs is 1. The number of rotatable bonds is 5. The summed E-state index contributed by atoms with van der Waals surface area (Å²) in [6, 6.07) is 4.92. The molecule has 0 amide bonds. The van der Waals surface area contributed by atoms with Gasteiger partial charge in [-0.2, -0.15) is 4.37 Å². The molecule has 0 aliphatic heterocycles. The van der Waals surface area contributed by atoms with E-state index in [1.807, 2.05) is 0 Å². The Labute approximate surface area is 107 Å². The molecule has 0 atom stereocenters. The second kappa shape index (κ2) is 5.46. The Morgan fingerprint density at radius 3 is 3.06 bits per heavy atom. The first kappa shape index (κ1) is 12.3. The van der Waals surface area contributed by atoms with Crippen LogP contribution in [-0.4, -0.2) is 15.0 Å². The summed E-state index contributed by atoms with van der Waals surface area (Å²) in [6.45, 7) is 2.14. The SMILES string of the molecule is CCCCSc1nsc2ccc([N+](=O)[O-])cc12. The molecule has 0 spiro atoms. The van der Waals surface area contributed by atoms with Crippen LogP contribution in [0, 0.1) is 10.1 Å². The maximum Gasteiger partial charge on any atom is 0.270 e. The fourth-order valence-electron chi connectivity index (χ4n) is 1.44. The fraction of sp³-hybridized carbons (Fsp3) is 0.364. The molecule has 1 aromatic carbocycles. The Morgan fingerprint density at radius 1 is 1.53 bits per heavy atom. The molecule has 2 aromatic rings. The van der Waals surface area contributed by atoms with Crippen LogP contribution in [-0.2, 0) is 0 Å². The fourth-order valence-corrected chi connectivity index (χ4v) is 3.44. The molecule has 0 bridgehead atoms. The molecule has 6 heteroatoms. The average Bonchev–Trinajstić information content (AvgIpc) is 2.72. The summed E-state index contributed by atoms with van der Waals surface area (Å²) in [5.74, 6) is 1.01. The van der Waals surface area contributed by atoms with Crippen molar-refractivity contribution in [3.05, 3.63) is 28.3 Å². The van der Waals surface area contributed by atoms with Crippen LogP contribution in [0.4, 0.5) is 5.69 Å². The molecule has 0 aliphatic rings. The van der Waals surface area contributed by atoms with Crippen LogP contribution in [0.25, 0.3) is 10.1 Å². The number of benzene rings is 1. The van der Waals surface area contributed by atoms with Crippen molar-refractivity contribution in [2.24, 2.45) is 0 Å². The van der Waals surface area contributed by atoms with Gasteiger partial charge in [0, 0.05) is 17.5 Å². The van der Waals surface area contributed by atoms with E-state index < -0.39 is 0 Å². The van der Waals surface area contributed by atoms with Crippen LogP contribution in [0.5, 0.6) is 0 Å². The van der Waals surface area contributed by atoms with Gasteiger partial charge in [-0.05, 0) is 29.8 Å². The summed E-state index contributed by atoms with van der Waals surface area (Å²) in [5, 5.41) is 12.5. The molecule has 0 aliphatic carbocycles. The minimum atomic E-state index is -0.363. The Balaban J connectivity index is 2.30. The summed E-state index contributed by atoms with van der Waals surface area (Å²) < 4.78 is 5.36. The zero-order valence-electron chi connectivity index (χ0n) is 9.38. The molecule has 0 saturated carbocycles. The molecular formula is C11H12N2O2S2. The molecule has 1 heterocycles. The number of nitrogens with zero attached hydrogens (tertiary/aromatic N) is 2. The van der Waals surface area contributed by atoms with E-state index in [9.17, 15) is 10.1 Å². The van der Waals surface area contributed by atoms with Gasteiger partial charge in [-0.15, -0.1) is 11.8 Å². The lowest BCUT2D eigenvalue weighted by molar-refractivity contribution is -0.384. The summed E-state index contributed by atoms with van der Waals surface area (Å²) in [7, 11) is 0. The number of aromatic nitrogens is 1. The molecule has 0 radical (unpaired) electrons. The van der Waals surface area contributed by atoms with Crippen molar-refractivity contribution in [3.8, 4) is 0 Å². The summed E-state index contributed by atoms with van der Waals surface area (Å²) >= 11 is 3.08. The summed E-state index contributed by atoms with van der Waals surface area (Å²) in [6.07, 6.45) is 2.29. The highest BCUT2D eigenvalue weighted by atomic mass is 32.2.